The van der Waals surface area contributed by atoms with Gasteiger partial charge in [0.2, 0.25) is 5.88 Å². The van der Waals surface area contributed by atoms with Crippen LogP contribution in [0.15, 0.2) is 23.3 Å². The van der Waals surface area contributed by atoms with Crippen LogP contribution in [0.3, 0.4) is 0 Å². The first-order chi connectivity index (χ1) is 12.3. The van der Waals surface area contributed by atoms with Crippen molar-refractivity contribution < 1.29 is 14.2 Å². The Morgan fingerprint density at radius 2 is 1.96 bits per heavy atom. The second-order valence-electron chi connectivity index (χ2n) is 5.43. The maximum absolute atomic E-state index is 5.48. The summed E-state index contributed by atoms with van der Waals surface area (Å²) < 4.78 is 15.9. The quantitative estimate of drug-likeness (QED) is 0.196. The molecule has 7 nitrogen and oxygen atoms in total. The predicted molar refractivity (Wildman–Crippen MR) is 116 cm³/mol. The Labute approximate surface area is 174 Å². The van der Waals surface area contributed by atoms with E-state index in [0.29, 0.717) is 38.9 Å². The number of halogens is 1. The minimum atomic E-state index is 0. The van der Waals surface area contributed by atoms with Crippen LogP contribution in [0.2, 0.25) is 0 Å². The molecule has 2 N–H and O–H groups in total. The van der Waals surface area contributed by atoms with Crippen molar-refractivity contribution in [2.75, 3.05) is 46.6 Å². The van der Waals surface area contributed by atoms with Crippen LogP contribution in [0.5, 0.6) is 5.88 Å². The van der Waals surface area contributed by atoms with Gasteiger partial charge in [0.1, 0.15) is 0 Å². The number of nitrogens with zero attached hydrogens (tertiary/aromatic N) is 2. The van der Waals surface area contributed by atoms with Gasteiger partial charge in [-0.1, -0.05) is 13.0 Å². The zero-order chi connectivity index (χ0) is 18.2. The normalized spacial score (nSPS) is 11.0. The van der Waals surface area contributed by atoms with Gasteiger partial charge in [0, 0.05) is 39.1 Å². The lowest BCUT2D eigenvalue weighted by Gasteiger charge is -2.11. The van der Waals surface area contributed by atoms with Crippen LogP contribution in [0.4, 0.5) is 0 Å². The van der Waals surface area contributed by atoms with Crippen LogP contribution < -0.4 is 15.4 Å². The van der Waals surface area contributed by atoms with Crippen molar-refractivity contribution in [3.05, 3.63) is 23.9 Å². The number of aliphatic imine (C=N–C) groups is 1. The maximum atomic E-state index is 5.48. The van der Waals surface area contributed by atoms with Crippen molar-refractivity contribution in [2.45, 2.75) is 33.2 Å². The van der Waals surface area contributed by atoms with Crippen molar-refractivity contribution in [1.29, 1.82) is 0 Å². The van der Waals surface area contributed by atoms with Gasteiger partial charge in [0.05, 0.1) is 26.4 Å². The van der Waals surface area contributed by atoms with Crippen LogP contribution in [0, 0.1) is 0 Å². The molecule has 0 aromatic carbocycles. The summed E-state index contributed by atoms with van der Waals surface area (Å²) in [4.78, 5) is 8.87. The minimum absolute atomic E-state index is 0. The topological polar surface area (TPSA) is 77.0 Å². The fraction of sp³-hybridized carbons (Fsp3) is 0.667. The van der Waals surface area contributed by atoms with Crippen LogP contribution in [-0.2, 0) is 16.0 Å². The molecule has 1 aromatic heterocycles. The third-order valence-corrected chi connectivity index (χ3v) is 3.21. The van der Waals surface area contributed by atoms with E-state index in [1.165, 1.54) is 0 Å². The van der Waals surface area contributed by atoms with Crippen molar-refractivity contribution in [2.24, 2.45) is 4.99 Å². The summed E-state index contributed by atoms with van der Waals surface area (Å²) in [6.07, 6.45) is 3.70. The fourth-order valence-corrected chi connectivity index (χ4v) is 1.93. The van der Waals surface area contributed by atoms with Gasteiger partial charge in [0.15, 0.2) is 5.96 Å². The Kier molecular flexibility index (Phi) is 16.5. The first kappa shape index (κ1) is 24.9. The van der Waals surface area contributed by atoms with Crippen molar-refractivity contribution in [1.82, 2.24) is 15.6 Å². The molecule has 0 aliphatic rings. The van der Waals surface area contributed by atoms with Crippen molar-refractivity contribution in [3.8, 4) is 5.88 Å². The first-order valence-electron chi connectivity index (χ1n) is 8.96. The van der Waals surface area contributed by atoms with E-state index >= 15 is 0 Å². The Hall–Kier alpha value is -1.13. The molecule has 0 aliphatic carbocycles. The lowest BCUT2D eigenvalue weighted by Crippen LogP contribution is -2.38. The number of methoxy groups -OCH3 is 1. The predicted octanol–water partition coefficient (Wildman–Crippen LogP) is 2.60. The van der Waals surface area contributed by atoms with Gasteiger partial charge in [0.25, 0.3) is 0 Å². The molecule has 0 radical (unpaired) electrons. The smallest absolute Gasteiger partial charge is 0.213 e. The molecule has 0 aliphatic heterocycles. The van der Waals surface area contributed by atoms with Gasteiger partial charge < -0.3 is 24.8 Å². The Morgan fingerprint density at radius 3 is 2.62 bits per heavy atom. The summed E-state index contributed by atoms with van der Waals surface area (Å²) >= 11 is 0. The number of nitrogens with one attached hydrogen (secondary N) is 2. The molecule has 0 unspecified atom stereocenters. The summed E-state index contributed by atoms with van der Waals surface area (Å²) in [5.41, 5.74) is 1.05. The second-order valence-corrected chi connectivity index (χ2v) is 5.43. The molecule has 1 rings (SSSR count). The fourth-order valence-electron chi connectivity index (χ4n) is 1.93. The van der Waals surface area contributed by atoms with E-state index in [1.54, 1.807) is 7.11 Å². The summed E-state index contributed by atoms with van der Waals surface area (Å²) in [6.45, 7) is 8.98. The summed E-state index contributed by atoms with van der Waals surface area (Å²) in [5, 5.41) is 6.54. The van der Waals surface area contributed by atoms with Gasteiger partial charge in [-0.2, -0.15) is 0 Å². The SMILES string of the molecule is CCCOc1ccc(CN=C(NCC)NCCCOCCOC)cn1.I. The first-order valence-corrected chi connectivity index (χ1v) is 8.96. The molecule has 0 amide bonds. The van der Waals surface area contributed by atoms with Gasteiger partial charge in [-0.05, 0) is 25.3 Å². The highest BCUT2D eigenvalue weighted by Crippen LogP contribution is 2.08. The van der Waals surface area contributed by atoms with Crippen molar-refractivity contribution >= 4 is 29.9 Å². The Morgan fingerprint density at radius 1 is 1.12 bits per heavy atom. The molecule has 150 valence electrons. The highest BCUT2D eigenvalue weighted by molar-refractivity contribution is 14.0. The summed E-state index contributed by atoms with van der Waals surface area (Å²) in [7, 11) is 1.67. The third-order valence-electron chi connectivity index (χ3n) is 3.21. The van der Waals surface area contributed by atoms with Gasteiger partial charge >= 0.3 is 0 Å². The number of aromatic nitrogens is 1. The Bertz CT molecular complexity index is 472. The molecular weight excluding hydrogens is 447 g/mol. The molecule has 0 spiro atoms. The van der Waals surface area contributed by atoms with Gasteiger partial charge in [-0.15, -0.1) is 24.0 Å². The lowest BCUT2D eigenvalue weighted by atomic mass is 10.3. The molecule has 0 atom stereocenters. The van der Waals surface area contributed by atoms with E-state index in [0.717, 1.165) is 37.5 Å². The number of guanidine groups is 1. The van der Waals surface area contributed by atoms with Gasteiger partial charge in [-0.3, -0.25) is 0 Å². The zero-order valence-electron chi connectivity index (χ0n) is 16.1. The molecule has 0 saturated heterocycles. The number of rotatable bonds is 13. The molecule has 1 heterocycles. The van der Waals surface area contributed by atoms with Crippen LogP contribution >= 0.6 is 24.0 Å². The van der Waals surface area contributed by atoms with Crippen LogP contribution in [0.25, 0.3) is 0 Å². The zero-order valence-corrected chi connectivity index (χ0v) is 18.5. The van der Waals surface area contributed by atoms with Crippen molar-refractivity contribution in [3.63, 3.8) is 0 Å². The molecule has 8 heteroatoms. The minimum Gasteiger partial charge on any atom is -0.478 e. The summed E-state index contributed by atoms with van der Waals surface area (Å²) in [5.74, 6) is 1.46. The Balaban J connectivity index is 0.00000625. The number of hydrogen-bond acceptors (Lipinski definition) is 5. The molecular formula is C18H33IN4O3. The molecule has 0 saturated carbocycles. The van der Waals surface area contributed by atoms with Gasteiger partial charge in [-0.25, -0.2) is 9.98 Å². The van der Waals surface area contributed by atoms with Crippen LogP contribution in [0.1, 0.15) is 32.3 Å². The van der Waals surface area contributed by atoms with E-state index in [1.807, 2.05) is 25.3 Å². The van der Waals surface area contributed by atoms with E-state index in [9.17, 15) is 0 Å². The third kappa shape index (κ3) is 12.3. The largest absolute Gasteiger partial charge is 0.478 e. The number of ether oxygens (including phenoxy) is 3. The number of hydrogen-bond donors (Lipinski definition) is 2. The average Bonchev–Trinajstić information content (AvgIpc) is 2.64. The van der Waals surface area contributed by atoms with Crippen LogP contribution in [-0.4, -0.2) is 57.6 Å². The second kappa shape index (κ2) is 17.3. The van der Waals surface area contributed by atoms with E-state index in [4.69, 9.17) is 14.2 Å². The number of pyridine rings is 1. The maximum Gasteiger partial charge on any atom is 0.213 e. The summed E-state index contributed by atoms with van der Waals surface area (Å²) in [6, 6.07) is 3.88. The highest BCUT2D eigenvalue weighted by Gasteiger charge is 1.99. The molecule has 0 fully saturated rings. The average molecular weight is 480 g/mol. The molecule has 0 bridgehead atoms. The highest BCUT2D eigenvalue weighted by atomic mass is 127. The molecule has 26 heavy (non-hydrogen) atoms. The monoisotopic (exact) mass is 480 g/mol. The van der Waals surface area contributed by atoms with E-state index in [2.05, 4.69) is 27.5 Å². The van der Waals surface area contributed by atoms with E-state index < -0.39 is 0 Å². The lowest BCUT2D eigenvalue weighted by molar-refractivity contribution is 0.0698. The molecule has 1 aromatic rings. The van der Waals surface area contributed by atoms with E-state index in [-0.39, 0.29) is 24.0 Å². The standard InChI is InChI=1S/C18H32N4O3.HI/c1-4-10-25-17-8-7-16(14-21-17)15-22-18(19-5-2)20-9-6-11-24-13-12-23-3;/h7-8,14H,4-6,9-13,15H2,1-3H3,(H2,19,20,22);1H.